The summed E-state index contributed by atoms with van der Waals surface area (Å²) < 4.78 is 0. The molecule has 0 aliphatic heterocycles. The fraction of sp³-hybridized carbons (Fsp3) is 0.643. The van der Waals surface area contributed by atoms with E-state index >= 15 is 0 Å². The van der Waals surface area contributed by atoms with Gasteiger partial charge in [-0.25, -0.2) is 0 Å². The average Bonchev–Trinajstić information content (AvgIpc) is 2.36. The van der Waals surface area contributed by atoms with Gasteiger partial charge in [-0.15, -0.1) is 0 Å². The highest BCUT2D eigenvalue weighted by atomic mass is 32.1. The van der Waals surface area contributed by atoms with Crippen molar-refractivity contribution in [2.45, 2.75) is 33.2 Å². The highest BCUT2D eigenvalue weighted by molar-refractivity contribution is 7.80. The first-order chi connectivity index (χ1) is 8.26. The molecule has 2 nitrogen and oxygen atoms in total. The summed E-state index contributed by atoms with van der Waals surface area (Å²) in [6, 6.07) is 6.12. The number of hydrogen-bond donors (Lipinski definition) is 1. The van der Waals surface area contributed by atoms with Crippen LogP contribution in [-0.4, -0.2) is 28.7 Å². The number of aromatic nitrogens is 1. The van der Waals surface area contributed by atoms with E-state index in [9.17, 15) is 0 Å². The van der Waals surface area contributed by atoms with Crippen molar-refractivity contribution in [3.8, 4) is 0 Å². The van der Waals surface area contributed by atoms with E-state index in [1.807, 2.05) is 12.3 Å². The molecule has 17 heavy (non-hydrogen) atoms. The van der Waals surface area contributed by atoms with E-state index in [-0.39, 0.29) is 0 Å². The van der Waals surface area contributed by atoms with Gasteiger partial charge >= 0.3 is 0 Å². The highest BCUT2D eigenvalue weighted by Crippen LogP contribution is 2.10. The van der Waals surface area contributed by atoms with Gasteiger partial charge in [0.25, 0.3) is 0 Å². The van der Waals surface area contributed by atoms with Gasteiger partial charge in [0.15, 0.2) is 0 Å². The van der Waals surface area contributed by atoms with E-state index in [2.05, 4.69) is 48.5 Å². The summed E-state index contributed by atoms with van der Waals surface area (Å²) in [5, 5.41) is 0. The Labute approximate surface area is 111 Å². The van der Waals surface area contributed by atoms with Crippen LogP contribution in [0.5, 0.6) is 0 Å². The maximum atomic E-state index is 4.38. The molecule has 1 aromatic heterocycles. The Morgan fingerprint density at radius 2 is 2.18 bits per heavy atom. The van der Waals surface area contributed by atoms with Crippen molar-refractivity contribution in [2.24, 2.45) is 5.92 Å². The Morgan fingerprint density at radius 1 is 1.35 bits per heavy atom. The molecule has 1 rings (SSSR count). The SMILES string of the molecule is CCN(CCC(C)CCS)Cc1ccccn1. The van der Waals surface area contributed by atoms with E-state index in [1.165, 1.54) is 12.8 Å². The smallest absolute Gasteiger partial charge is 0.0543 e. The summed E-state index contributed by atoms with van der Waals surface area (Å²) in [6.45, 7) is 7.73. The standard InChI is InChI=1S/C14H24N2S/c1-3-16(10-7-13(2)8-11-17)12-14-6-4-5-9-15-14/h4-6,9,13,17H,3,7-8,10-12H2,1-2H3. The fourth-order valence-electron chi connectivity index (χ4n) is 1.84. The minimum absolute atomic E-state index is 0.769. The third kappa shape index (κ3) is 6.08. The second-order valence-electron chi connectivity index (χ2n) is 4.60. The van der Waals surface area contributed by atoms with E-state index < -0.39 is 0 Å². The normalized spacial score (nSPS) is 12.9. The van der Waals surface area contributed by atoms with Crippen LogP contribution in [0, 0.1) is 5.92 Å². The van der Waals surface area contributed by atoms with E-state index in [0.717, 1.165) is 37.0 Å². The van der Waals surface area contributed by atoms with Gasteiger partial charge in [-0.2, -0.15) is 12.6 Å². The first-order valence-electron chi connectivity index (χ1n) is 6.49. The van der Waals surface area contributed by atoms with Crippen LogP contribution in [0.2, 0.25) is 0 Å². The fourth-order valence-corrected chi connectivity index (χ4v) is 2.28. The monoisotopic (exact) mass is 252 g/mol. The molecule has 1 aromatic rings. The zero-order valence-electron chi connectivity index (χ0n) is 11.0. The largest absolute Gasteiger partial charge is 0.298 e. The number of hydrogen-bond acceptors (Lipinski definition) is 3. The molecule has 0 radical (unpaired) electrons. The molecule has 0 saturated carbocycles. The van der Waals surface area contributed by atoms with Crippen molar-refractivity contribution in [3.05, 3.63) is 30.1 Å². The van der Waals surface area contributed by atoms with Gasteiger partial charge in [-0.3, -0.25) is 9.88 Å². The lowest BCUT2D eigenvalue weighted by atomic mass is 10.0. The first kappa shape index (κ1) is 14.5. The molecule has 0 aliphatic rings. The van der Waals surface area contributed by atoms with E-state index in [1.54, 1.807) is 0 Å². The zero-order chi connectivity index (χ0) is 12.5. The predicted octanol–water partition coefficient (Wildman–Crippen LogP) is 3.25. The molecule has 0 spiro atoms. The molecular weight excluding hydrogens is 228 g/mol. The second-order valence-corrected chi connectivity index (χ2v) is 5.04. The van der Waals surface area contributed by atoms with Gasteiger partial charge in [0.05, 0.1) is 5.69 Å². The Balaban J connectivity index is 2.34. The highest BCUT2D eigenvalue weighted by Gasteiger charge is 2.07. The molecule has 0 aromatic carbocycles. The van der Waals surface area contributed by atoms with Crippen molar-refractivity contribution in [1.82, 2.24) is 9.88 Å². The van der Waals surface area contributed by atoms with Gasteiger partial charge in [0.2, 0.25) is 0 Å². The van der Waals surface area contributed by atoms with Crippen LogP contribution in [0.4, 0.5) is 0 Å². The van der Waals surface area contributed by atoms with Crippen LogP contribution in [0.3, 0.4) is 0 Å². The summed E-state index contributed by atoms with van der Waals surface area (Å²) in [6.07, 6.45) is 4.33. The number of rotatable bonds is 8. The molecule has 1 atom stereocenters. The summed E-state index contributed by atoms with van der Waals surface area (Å²) in [7, 11) is 0. The molecule has 96 valence electrons. The van der Waals surface area contributed by atoms with Crippen molar-refractivity contribution in [2.75, 3.05) is 18.8 Å². The number of pyridine rings is 1. The number of nitrogens with zero attached hydrogens (tertiary/aromatic N) is 2. The van der Waals surface area contributed by atoms with Crippen molar-refractivity contribution in [3.63, 3.8) is 0 Å². The van der Waals surface area contributed by atoms with Crippen molar-refractivity contribution < 1.29 is 0 Å². The zero-order valence-corrected chi connectivity index (χ0v) is 11.9. The molecule has 3 heteroatoms. The lowest BCUT2D eigenvalue weighted by molar-refractivity contribution is 0.255. The lowest BCUT2D eigenvalue weighted by Crippen LogP contribution is -2.25. The lowest BCUT2D eigenvalue weighted by Gasteiger charge is -2.21. The molecular formula is C14H24N2S. The first-order valence-corrected chi connectivity index (χ1v) is 7.12. The third-order valence-corrected chi connectivity index (χ3v) is 3.38. The van der Waals surface area contributed by atoms with Gasteiger partial charge in [0.1, 0.15) is 0 Å². The topological polar surface area (TPSA) is 16.1 Å². The third-order valence-electron chi connectivity index (χ3n) is 3.12. The molecule has 1 heterocycles. The summed E-state index contributed by atoms with van der Waals surface area (Å²) in [5.41, 5.74) is 1.16. The van der Waals surface area contributed by atoms with Crippen molar-refractivity contribution >= 4 is 12.6 Å². The molecule has 0 amide bonds. The average molecular weight is 252 g/mol. The summed E-state index contributed by atoms with van der Waals surface area (Å²) in [5.74, 6) is 1.76. The Morgan fingerprint density at radius 3 is 2.76 bits per heavy atom. The minimum atomic E-state index is 0.769. The van der Waals surface area contributed by atoms with E-state index in [0.29, 0.717) is 0 Å². The van der Waals surface area contributed by atoms with Crippen LogP contribution < -0.4 is 0 Å². The van der Waals surface area contributed by atoms with Gasteiger partial charge in [-0.05, 0) is 49.7 Å². The van der Waals surface area contributed by atoms with Crippen LogP contribution in [-0.2, 0) is 6.54 Å². The van der Waals surface area contributed by atoms with Gasteiger partial charge in [-0.1, -0.05) is 19.9 Å². The second kappa shape index (κ2) is 8.54. The van der Waals surface area contributed by atoms with Gasteiger partial charge in [0, 0.05) is 12.7 Å². The van der Waals surface area contributed by atoms with Crippen LogP contribution in [0.1, 0.15) is 32.4 Å². The number of thiol groups is 1. The molecule has 0 bridgehead atoms. The van der Waals surface area contributed by atoms with Gasteiger partial charge < -0.3 is 0 Å². The predicted molar refractivity (Wildman–Crippen MR) is 77.4 cm³/mol. The van der Waals surface area contributed by atoms with E-state index in [4.69, 9.17) is 0 Å². The Kier molecular flexibility index (Phi) is 7.29. The maximum absolute atomic E-state index is 4.38. The maximum Gasteiger partial charge on any atom is 0.0543 e. The molecule has 0 aliphatic carbocycles. The summed E-state index contributed by atoms with van der Waals surface area (Å²) in [4.78, 5) is 6.83. The Bertz CT molecular complexity index is 290. The Hall–Kier alpha value is -0.540. The summed E-state index contributed by atoms with van der Waals surface area (Å²) >= 11 is 4.28. The molecule has 0 N–H and O–H groups in total. The van der Waals surface area contributed by atoms with Crippen molar-refractivity contribution in [1.29, 1.82) is 0 Å². The molecule has 0 saturated heterocycles. The van der Waals surface area contributed by atoms with Crippen LogP contribution in [0.25, 0.3) is 0 Å². The minimum Gasteiger partial charge on any atom is -0.298 e. The van der Waals surface area contributed by atoms with Crippen LogP contribution in [0.15, 0.2) is 24.4 Å². The quantitative estimate of drug-likeness (QED) is 0.715. The molecule has 1 unspecified atom stereocenters. The van der Waals surface area contributed by atoms with Crippen LogP contribution >= 0.6 is 12.6 Å². The molecule has 0 fully saturated rings.